The fourth-order valence-corrected chi connectivity index (χ4v) is 3.53. The Morgan fingerprint density at radius 1 is 1.11 bits per heavy atom. The maximum atomic E-state index is 13.0. The topological polar surface area (TPSA) is 58.6 Å². The van der Waals surface area contributed by atoms with E-state index in [2.05, 4.69) is 19.2 Å². The SMILES string of the molecule is COC(=O)[C@@H](CC(C)C)N[C@H]1c2ccccc2C(=O)N1Cc1ccccc1. The predicted molar refractivity (Wildman–Crippen MR) is 104 cm³/mol. The summed E-state index contributed by atoms with van der Waals surface area (Å²) in [5.74, 6) is -0.0168. The highest BCUT2D eigenvalue weighted by atomic mass is 16.5. The summed E-state index contributed by atoms with van der Waals surface area (Å²) in [7, 11) is 1.40. The summed E-state index contributed by atoms with van der Waals surface area (Å²) in [6.07, 6.45) is 0.273. The van der Waals surface area contributed by atoms with Gasteiger partial charge < -0.3 is 9.64 Å². The molecule has 2 aromatic rings. The Bertz CT molecular complexity index is 804. The molecule has 0 saturated carbocycles. The van der Waals surface area contributed by atoms with Crippen molar-refractivity contribution in [3.63, 3.8) is 0 Å². The number of hydrogen-bond acceptors (Lipinski definition) is 4. The average molecular weight is 366 g/mol. The van der Waals surface area contributed by atoms with Crippen LogP contribution in [0.25, 0.3) is 0 Å². The molecule has 2 atom stereocenters. The van der Waals surface area contributed by atoms with Gasteiger partial charge in [0, 0.05) is 17.7 Å². The largest absolute Gasteiger partial charge is 0.468 e. The molecular formula is C22H26N2O3. The number of amides is 1. The van der Waals surface area contributed by atoms with Gasteiger partial charge in [0.05, 0.1) is 7.11 Å². The molecule has 1 amide bonds. The van der Waals surface area contributed by atoms with Crippen molar-refractivity contribution in [2.45, 2.75) is 39.0 Å². The lowest BCUT2D eigenvalue weighted by molar-refractivity contribution is -0.144. The number of benzene rings is 2. The molecule has 27 heavy (non-hydrogen) atoms. The zero-order chi connectivity index (χ0) is 19.4. The molecule has 1 heterocycles. The fourth-order valence-electron chi connectivity index (χ4n) is 3.53. The monoisotopic (exact) mass is 366 g/mol. The van der Waals surface area contributed by atoms with E-state index >= 15 is 0 Å². The van der Waals surface area contributed by atoms with Gasteiger partial charge in [0.25, 0.3) is 5.91 Å². The number of methoxy groups -OCH3 is 1. The summed E-state index contributed by atoms with van der Waals surface area (Å²) in [5.41, 5.74) is 2.62. The number of nitrogens with zero attached hydrogens (tertiary/aromatic N) is 1. The van der Waals surface area contributed by atoms with Gasteiger partial charge in [-0.1, -0.05) is 62.4 Å². The van der Waals surface area contributed by atoms with Crippen LogP contribution in [0.4, 0.5) is 0 Å². The minimum Gasteiger partial charge on any atom is -0.468 e. The Morgan fingerprint density at radius 2 is 1.78 bits per heavy atom. The van der Waals surface area contributed by atoms with E-state index in [9.17, 15) is 9.59 Å². The highest BCUT2D eigenvalue weighted by Gasteiger charge is 2.38. The number of ether oxygens (including phenoxy) is 1. The number of hydrogen-bond donors (Lipinski definition) is 1. The summed E-state index contributed by atoms with van der Waals surface area (Å²) in [6.45, 7) is 4.60. The van der Waals surface area contributed by atoms with Gasteiger partial charge in [-0.3, -0.25) is 14.9 Å². The van der Waals surface area contributed by atoms with Gasteiger partial charge in [-0.25, -0.2) is 0 Å². The van der Waals surface area contributed by atoms with Crippen LogP contribution in [0.5, 0.6) is 0 Å². The summed E-state index contributed by atoms with van der Waals surface area (Å²) in [4.78, 5) is 27.1. The van der Waals surface area contributed by atoms with E-state index in [0.29, 0.717) is 24.4 Å². The molecule has 1 aliphatic rings. The molecule has 1 N–H and O–H groups in total. The van der Waals surface area contributed by atoms with E-state index in [-0.39, 0.29) is 18.0 Å². The van der Waals surface area contributed by atoms with Crippen LogP contribution in [0.3, 0.4) is 0 Å². The minimum atomic E-state index is -0.475. The average Bonchev–Trinajstić information content (AvgIpc) is 2.93. The third kappa shape index (κ3) is 4.19. The highest BCUT2D eigenvalue weighted by molar-refractivity contribution is 5.99. The molecule has 5 nitrogen and oxygen atoms in total. The first-order valence-corrected chi connectivity index (χ1v) is 9.29. The summed E-state index contributed by atoms with van der Waals surface area (Å²) in [5, 5.41) is 3.39. The lowest BCUT2D eigenvalue weighted by atomic mass is 10.0. The molecule has 142 valence electrons. The van der Waals surface area contributed by atoms with Crippen LogP contribution in [0.2, 0.25) is 0 Å². The summed E-state index contributed by atoms with van der Waals surface area (Å²) >= 11 is 0. The van der Waals surface area contributed by atoms with Crippen LogP contribution in [0, 0.1) is 5.92 Å². The van der Waals surface area contributed by atoms with Crippen molar-refractivity contribution in [1.29, 1.82) is 0 Å². The molecule has 0 bridgehead atoms. The molecule has 5 heteroatoms. The summed E-state index contributed by atoms with van der Waals surface area (Å²) < 4.78 is 4.99. The molecule has 3 rings (SSSR count). The predicted octanol–water partition coefficient (Wildman–Crippen LogP) is 3.52. The number of carbonyl (C=O) groups is 2. The van der Waals surface area contributed by atoms with Gasteiger partial charge in [0.15, 0.2) is 0 Å². The molecule has 0 unspecified atom stereocenters. The van der Waals surface area contributed by atoms with Gasteiger partial charge in [0.2, 0.25) is 0 Å². The Labute approximate surface area is 160 Å². The number of carbonyl (C=O) groups excluding carboxylic acids is 2. The van der Waals surface area contributed by atoms with Crippen molar-refractivity contribution in [1.82, 2.24) is 10.2 Å². The highest BCUT2D eigenvalue weighted by Crippen LogP contribution is 2.33. The first-order chi connectivity index (χ1) is 13.0. The molecule has 0 aromatic heterocycles. The van der Waals surface area contributed by atoms with Crippen LogP contribution in [0.15, 0.2) is 54.6 Å². The van der Waals surface area contributed by atoms with Gasteiger partial charge in [-0.15, -0.1) is 0 Å². The molecule has 0 aliphatic carbocycles. The smallest absolute Gasteiger partial charge is 0.322 e. The lowest BCUT2D eigenvalue weighted by Crippen LogP contribution is -2.46. The van der Waals surface area contributed by atoms with Gasteiger partial charge >= 0.3 is 5.97 Å². The van der Waals surface area contributed by atoms with Crippen LogP contribution < -0.4 is 5.32 Å². The molecular weight excluding hydrogens is 340 g/mol. The van der Waals surface area contributed by atoms with Crippen molar-refractivity contribution < 1.29 is 14.3 Å². The van der Waals surface area contributed by atoms with Crippen molar-refractivity contribution in [3.8, 4) is 0 Å². The fraction of sp³-hybridized carbons (Fsp3) is 0.364. The van der Waals surface area contributed by atoms with Crippen LogP contribution in [0.1, 0.15) is 47.9 Å². The van der Waals surface area contributed by atoms with Gasteiger partial charge in [0.1, 0.15) is 12.2 Å². The molecule has 1 aliphatic heterocycles. The van der Waals surface area contributed by atoms with Crippen molar-refractivity contribution in [3.05, 3.63) is 71.3 Å². The van der Waals surface area contributed by atoms with Crippen molar-refractivity contribution >= 4 is 11.9 Å². The van der Waals surface area contributed by atoms with E-state index in [1.807, 2.05) is 54.6 Å². The van der Waals surface area contributed by atoms with E-state index in [0.717, 1.165) is 11.1 Å². The maximum Gasteiger partial charge on any atom is 0.322 e. The quantitative estimate of drug-likeness (QED) is 0.762. The molecule has 0 fully saturated rings. The van der Waals surface area contributed by atoms with Crippen molar-refractivity contribution in [2.75, 3.05) is 7.11 Å². The van der Waals surface area contributed by atoms with Crippen molar-refractivity contribution in [2.24, 2.45) is 5.92 Å². The normalized spacial score (nSPS) is 17.1. The minimum absolute atomic E-state index is 0.0277. The van der Waals surface area contributed by atoms with Gasteiger partial charge in [-0.05, 0) is 24.0 Å². The third-order valence-corrected chi connectivity index (χ3v) is 4.81. The van der Waals surface area contributed by atoms with Crippen LogP contribution >= 0.6 is 0 Å². The standard InChI is InChI=1S/C22H26N2O3/c1-15(2)13-19(22(26)27-3)23-20-17-11-7-8-12-18(17)21(25)24(20)14-16-9-5-4-6-10-16/h4-12,15,19-20,23H,13-14H2,1-3H3/t19-,20-/m1/s1. The number of fused-ring (bicyclic) bond motifs is 1. The molecule has 0 spiro atoms. The second-order valence-electron chi connectivity index (χ2n) is 7.28. The second-order valence-corrected chi connectivity index (χ2v) is 7.28. The molecule has 0 saturated heterocycles. The number of nitrogens with one attached hydrogen (secondary N) is 1. The van der Waals surface area contributed by atoms with E-state index < -0.39 is 6.04 Å². The van der Waals surface area contributed by atoms with Crippen LogP contribution in [-0.4, -0.2) is 29.9 Å². The zero-order valence-corrected chi connectivity index (χ0v) is 16.0. The van der Waals surface area contributed by atoms with E-state index in [1.165, 1.54) is 7.11 Å². The number of rotatable bonds is 7. The maximum absolute atomic E-state index is 13.0. The second kappa shape index (κ2) is 8.35. The molecule has 2 aromatic carbocycles. The van der Waals surface area contributed by atoms with Gasteiger partial charge in [-0.2, -0.15) is 0 Å². The van der Waals surface area contributed by atoms with E-state index in [4.69, 9.17) is 4.74 Å². The van der Waals surface area contributed by atoms with Crippen LogP contribution in [-0.2, 0) is 16.1 Å². The summed E-state index contributed by atoms with van der Waals surface area (Å²) in [6, 6.07) is 17.0. The number of esters is 1. The Hall–Kier alpha value is -2.66. The van der Waals surface area contributed by atoms with E-state index in [1.54, 1.807) is 4.90 Å². The first kappa shape index (κ1) is 19.1. The first-order valence-electron chi connectivity index (χ1n) is 9.29. The lowest BCUT2D eigenvalue weighted by Gasteiger charge is -2.30. The molecule has 0 radical (unpaired) electrons. The Morgan fingerprint density at radius 3 is 2.44 bits per heavy atom. The Balaban J connectivity index is 1.92. The third-order valence-electron chi connectivity index (χ3n) is 4.81. The zero-order valence-electron chi connectivity index (χ0n) is 16.0. The Kier molecular flexibility index (Phi) is 5.91.